The Labute approximate surface area is 71.5 Å². The van der Waals surface area contributed by atoms with Crippen molar-refractivity contribution in [2.45, 2.75) is 6.10 Å². The summed E-state index contributed by atoms with van der Waals surface area (Å²) in [6.07, 6.45) is -2.21. The molecule has 0 unspecified atom stereocenters. The summed E-state index contributed by atoms with van der Waals surface area (Å²) in [6, 6.07) is 0. The molecule has 4 N–H and O–H groups in total. The number of aliphatic hydroxyl groups excluding tert-OH is 1. The largest absolute Gasteiger partial charge is 0.479 e. The van der Waals surface area contributed by atoms with Crippen LogP contribution in [0.5, 0.6) is 0 Å². The zero-order chi connectivity index (χ0) is 10.6. The highest BCUT2D eigenvalue weighted by Gasteiger charge is 2.25. The van der Waals surface area contributed by atoms with Gasteiger partial charge in [0.25, 0.3) is 0 Å². The molecule has 0 saturated carbocycles. The fourth-order valence-electron chi connectivity index (χ4n) is 0.524. The Morgan fingerprint density at radius 2 is 1.54 bits per heavy atom. The molecular weight excluding hydrogens is 184 g/mol. The Morgan fingerprint density at radius 3 is 1.77 bits per heavy atom. The number of carboxylic acid groups (broad SMARTS) is 3. The van der Waals surface area contributed by atoms with Crippen LogP contribution in [0.4, 0.5) is 0 Å². The number of hydrogen-bond donors (Lipinski definition) is 4. The topological polar surface area (TPSA) is 132 Å². The molecule has 0 fully saturated rings. The summed E-state index contributed by atoms with van der Waals surface area (Å²) >= 11 is 0. The first-order valence-electron chi connectivity index (χ1n) is 2.95. The van der Waals surface area contributed by atoms with Crippen molar-refractivity contribution in [1.29, 1.82) is 0 Å². The summed E-state index contributed by atoms with van der Waals surface area (Å²) < 4.78 is 0. The average molecular weight is 190 g/mol. The standard InChI is InChI=1S/C6H6O7/c7-3(8)1-2(5(10)11)4(9)6(12)13/h1,4,9H,(H,7,8)(H,10,11)(H,12,13)/b2-1+/t4-/m1/s1. The third-order valence-corrected chi connectivity index (χ3v) is 1.05. The lowest BCUT2D eigenvalue weighted by molar-refractivity contribution is -0.148. The Kier molecular flexibility index (Phi) is 3.60. The molecule has 0 spiro atoms. The van der Waals surface area contributed by atoms with Crippen LogP contribution in [0, 0.1) is 0 Å². The minimum Gasteiger partial charge on any atom is -0.479 e. The number of aliphatic carboxylic acids is 3. The van der Waals surface area contributed by atoms with Gasteiger partial charge in [0, 0.05) is 6.08 Å². The molecule has 0 radical (unpaired) electrons. The lowest BCUT2D eigenvalue weighted by atomic mass is 10.1. The Hall–Kier alpha value is -1.89. The van der Waals surface area contributed by atoms with Crippen LogP contribution in [0.1, 0.15) is 0 Å². The van der Waals surface area contributed by atoms with Crippen molar-refractivity contribution in [3.8, 4) is 0 Å². The van der Waals surface area contributed by atoms with E-state index in [4.69, 9.17) is 20.4 Å². The van der Waals surface area contributed by atoms with Gasteiger partial charge in [0.2, 0.25) is 0 Å². The molecule has 0 rings (SSSR count). The van der Waals surface area contributed by atoms with Crippen LogP contribution < -0.4 is 0 Å². The van der Waals surface area contributed by atoms with E-state index in [1.165, 1.54) is 0 Å². The SMILES string of the molecule is O=C(O)/C=C(/C(=O)O)[C@@H](O)C(=O)O. The molecule has 1 atom stereocenters. The summed E-state index contributed by atoms with van der Waals surface area (Å²) in [7, 11) is 0. The van der Waals surface area contributed by atoms with Gasteiger partial charge in [-0.05, 0) is 0 Å². The van der Waals surface area contributed by atoms with Gasteiger partial charge < -0.3 is 20.4 Å². The minimum atomic E-state index is -2.34. The van der Waals surface area contributed by atoms with Gasteiger partial charge >= 0.3 is 17.9 Å². The second-order valence-electron chi connectivity index (χ2n) is 1.98. The fourth-order valence-corrected chi connectivity index (χ4v) is 0.524. The molecular formula is C6H6O7. The lowest BCUT2D eigenvalue weighted by Crippen LogP contribution is -2.27. The molecule has 0 aliphatic rings. The third kappa shape index (κ3) is 3.34. The van der Waals surface area contributed by atoms with Crippen molar-refractivity contribution < 1.29 is 34.8 Å². The fraction of sp³-hybridized carbons (Fsp3) is 0.167. The molecule has 0 aromatic rings. The maximum Gasteiger partial charge on any atom is 0.337 e. The van der Waals surface area contributed by atoms with Gasteiger partial charge in [-0.3, -0.25) is 0 Å². The van der Waals surface area contributed by atoms with Crippen molar-refractivity contribution in [3.63, 3.8) is 0 Å². The van der Waals surface area contributed by atoms with Crippen molar-refractivity contribution >= 4 is 17.9 Å². The summed E-state index contributed by atoms with van der Waals surface area (Å²) in [6.45, 7) is 0. The predicted octanol–water partition coefficient (Wildman–Crippen LogP) is -1.47. The van der Waals surface area contributed by atoms with E-state index in [-0.39, 0.29) is 6.08 Å². The molecule has 7 nitrogen and oxygen atoms in total. The summed E-state index contributed by atoms with van der Waals surface area (Å²) in [4.78, 5) is 30.3. The quantitative estimate of drug-likeness (QED) is 0.397. The molecule has 0 heterocycles. The minimum absolute atomic E-state index is 0.126. The average Bonchev–Trinajstić information content (AvgIpc) is 1.97. The van der Waals surface area contributed by atoms with E-state index < -0.39 is 29.6 Å². The maximum absolute atomic E-state index is 10.2. The van der Waals surface area contributed by atoms with E-state index in [0.717, 1.165) is 0 Å². The number of aliphatic hydroxyl groups is 1. The first-order chi connectivity index (χ1) is 5.86. The first kappa shape index (κ1) is 11.1. The Morgan fingerprint density at radius 1 is 1.08 bits per heavy atom. The van der Waals surface area contributed by atoms with E-state index in [9.17, 15) is 14.4 Å². The maximum atomic E-state index is 10.2. The smallest absolute Gasteiger partial charge is 0.337 e. The molecule has 7 heteroatoms. The zero-order valence-corrected chi connectivity index (χ0v) is 6.17. The predicted molar refractivity (Wildman–Crippen MR) is 37.0 cm³/mol. The van der Waals surface area contributed by atoms with Gasteiger partial charge in [0.15, 0.2) is 6.10 Å². The first-order valence-corrected chi connectivity index (χ1v) is 2.95. The van der Waals surface area contributed by atoms with E-state index in [1.54, 1.807) is 0 Å². The number of carboxylic acids is 3. The molecule has 0 amide bonds. The van der Waals surface area contributed by atoms with Crippen LogP contribution in [-0.4, -0.2) is 44.4 Å². The van der Waals surface area contributed by atoms with Gasteiger partial charge in [0.1, 0.15) is 0 Å². The van der Waals surface area contributed by atoms with Crippen molar-refractivity contribution in [3.05, 3.63) is 11.6 Å². The van der Waals surface area contributed by atoms with Crippen molar-refractivity contribution in [1.82, 2.24) is 0 Å². The van der Waals surface area contributed by atoms with Crippen LogP contribution in [0.25, 0.3) is 0 Å². The van der Waals surface area contributed by atoms with Crippen LogP contribution in [0.15, 0.2) is 11.6 Å². The monoisotopic (exact) mass is 190 g/mol. The van der Waals surface area contributed by atoms with E-state index >= 15 is 0 Å². The van der Waals surface area contributed by atoms with Crippen LogP contribution >= 0.6 is 0 Å². The van der Waals surface area contributed by atoms with Crippen molar-refractivity contribution in [2.24, 2.45) is 0 Å². The van der Waals surface area contributed by atoms with Gasteiger partial charge in [-0.25, -0.2) is 14.4 Å². The second kappa shape index (κ2) is 4.21. The summed E-state index contributed by atoms with van der Waals surface area (Å²) in [5, 5.41) is 33.3. The van der Waals surface area contributed by atoms with E-state index in [1.807, 2.05) is 0 Å². The Bertz CT molecular complexity index is 277. The molecule has 0 aliphatic carbocycles. The summed E-state index contributed by atoms with van der Waals surface area (Å²) in [5.74, 6) is -5.26. The van der Waals surface area contributed by atoms with Crippen LogP contribution in [0.3, 0.4) is 0 Å². The highest BCUT2D eigenvalue weighted by atomic mass is 16.4. The van der Waals surface area contributed by atoms with Gasteiger partial charge in [-0.1, -0.05) is 0 Å². The highest BCUT2D eigenvalue weighted by molar-refractivity contribution is 6.00. The molecule has 0 bridgehead atoms. The molecule has 0 saturated heterocycles. The van der Waals surface area contributed by atoms with Gasteiger partial charge in [0.05, 0.1) is 5.57 Å². The van der Waals surface area contributed by atoms with Crippen molar-refractivity contribution in [2.75, 3.05) is 0 Å². The molecule has 13 heavy (non-hydrogen) atoms. The highest BCUT2D eigenvalue weighted by Crippen LogP contribution is 2.02. The van der Waals surface area contributed by atoms with E-state index in [2.05, 4.69) is 0 Å². The molecule has 0 aliphatic heterocycles. The van der Waals surface area contributed by atoms with E-state index in [0.29, 0.717) is 0 Å². The number of rotatable bonds is 4. The summed E-state index contributed by atoms with van der Waals surface area (Å²) in [5.41, 5.74) is -1.10. The second-order valence-corrected chi connectivity index (χ2v) is 1.98. The zero-order valence-electron chi connectivity index (χ0n) is 6.17. The Balaban J connectivity index is 4.93. The normalized spacial score (nSPS) is 13.5. The number of hydrogen-bond acceptors (Lipinski definition) is 4. The molecule has 0 aromatic carbocycles. The lowest BCUT2D eigenvalue weighted by Gasteiger charge is -2.04. The third-order valence-electron chi connectivity index (χ3n) is 1.05. The van der Waals surface area contributed by atoms with Crippen LogP contribution in [-0.2, 0) is 14.4 Å². The molecule has 72 valence electrons. The van der Waals surface area contributed by atoms with Crippen LogP contribution in [0.2, 0.25) is 0 Å². The van der Waals surface area contributed by atoms with Gasteiger partial charge in [-0.15, -0.1) is 0 Å². The van der Waals surface area contributed by atoms with Gasteiger partial charge in [-0.2, -0.15) is 0 Å². The number of carbonyl (C=O) groups is 3. The molecule has 0 aromatic heterocycles.